The minimum atomic E-state index is 0.730. The molecular weight excluding hydrogens is 148 g/mol. The molecule has 0 atom stereocenters. The van der Waals surface area contributed by atoms with E-state index in [0.717, 1.165) is 6.42 Å². The fourth-order valence-electron chi connectivity index (χ4n) is 1.05. The summed E-state index contributed by atoms with van der Waals surface area (Å²) in [6, 6.07) is 8.25. The molecule has 0 aromatic heterocycles. The molecule has 0 fully saturated rings. The van der Waals surface area contributed by atoms with Gasteiger partial charge in [0.25, 0.3) is 0 Å². The summed E-state index contributed by atoms with van der Waals surface area (Å²) in [4.78, 5) is 2.06. The van der Waals surface area contributed by atoms with Crippen molar-refractivity contribution >= 4 is 11.9 Å². The Balaban J connectivity index is 2.78. The van der Waals surface area contributed by atoms with Gasteiger partial charge < -0.3 is 10.3 Å². The minimum absolute atomic E-state index is 0.730. The second-order valence-electron chi connectivity index (χ2n) is 2.97. The van der Waals surface area contributed by atoms with E-state index in [9.17, 15) is 0 Å². The molecule has 0 radical (unpaired) electrons. The van der Waals surface area contributed by atoms with Gasteiger partial charge in [-0.2, -0.15) is 0 Å². The van der Waals surface area contributed by atoms with Crippen molar-refractivity contribution in [3.63, 3.8) is 0 Å². The average molecular weight is 162 g/mol. The van der Waals surface area contributed by atoms with E-state index in [1.54, 1.807) is 0 Å². The third-order valence-corrected chi connectivity index (χ3v) is 1.79. The Bertz CT molecular complexity index is 249. The molecule has 0 aliphatic carbocycles. The second-order valence-corrected chi connectivity index (χ2v) is 2.97. The topological polar surface area (TPSA) is 27.1 Å². The molecule has 0 aliphatic rings. The molecule has 0 heterocycles. The first-order valence-corrected chi connectivity index (χ1v) is 3.99. The Hall–Kier alpha value is -1.31. The predicted octanol–water partition coefficient (Wildman–Crippen LogP) is 1.94. The Labute approximate surface area is 73.3 Å². The van der Waals surface area contributed by atoms with E-state index in [-0.39, 0.29) is 0 Å². The summed E-state index contributed by atoms with van der Waals surface area (Å²) < 4.78 is 0. The lowest BCUT2D eigenvalue weighted by molar-refractivity contribution is 1.13. The molecule has 0 unspecified atom stereocenters. The van der Waals surface area contributed by atoms with Crippen molar-refractivity contribution < 1.29 is 0 Å². The van der Waals surface area contributed by atoms with Crippen molar-refractivity contribution in [2.45, 2.75) is 6.42 Å². The van der Waals surface area contributed by atoms with E-state index in [4.69, 9.17) is 5.41 Å². The Morgan fingerprint density at radius 1 is 1.25 bits per heavy atom. The lowest BCUT2D eigenvalue weighted by atomic mass is 10.1. The van der Waals surface area contributed by atoms with E-state index in [0.29, 0.717) is 0 Å². The number of nitrogens with zero attached hydrogens (tertiary/aromatic N) is 1. The molecule has 0 amide bonds. The Kier molecular flexibility index (Phi) is 2.86. The van der Waals surface area contributed by atoms with Crippen LogP contribution >= 0.6 is 0 Å². The van der Waals surface area contributed by atoms with Crippen LogP contribution in [0.2, 0.25) is 0 Å². The highest BCUT2D eigenvalue weighted by Gasteiger charge is 1.93. The van der Waals surface area contributed by atoms with Crippen molar-refractivity contribution in [1.82, 2.24) is 0 Å². The Morgan fingerprint density at radius 3 is 2.25 bits per heavy atom. The molecular formula is C10H14N2. The van der Waals surface area contributed by atoms with Crippen LogP contribution in [0.25, 0.3) is 0 Å². The van der Waals surface area contributed by atoms with Crippen LogP contribution in [-0.2, 0) is 6.42 Å². The van der Waals surface area contributed by atoms with Crippen molar-refractivity contribution in [3.05, 3.63) is 29.8 Å². The van der Waals surface area contributed by atoms with Crippen LogP contribution < -0.4 is 4.90 Å². The Morgan fingerprint density at radius 2 is 1.83 bits per heavy atom. The summed E-state index contributed by atoms with van der Waals surface area (Å²) in [5.74, 6) is 0. The highest BCUT2D eigenvalue weighted by atomic mass is 15.1. The minimum Gasteiger partial charge on any atom is -0.378 e. The zero-order valence-electron chi connectivity index (χ0n) is 7.54. The van der Waals surface area contributed by atoms with Crippen molar-refractivity contribution in [2.24, 2.45) is 0 Å². The number of anilines is 1. The molecule has 64 valence electrons. The van der Waals surface area contributed by atoms with Crippen LogP contribution in [0.15, 0.2) is 24.3 Å². The zero-order chi connectivity index (χ0) is 8.97. The lowest BCUT2D eigenvalue weighted by Gasteiger charge is -2.11. The maximum absolute atomic E-state index is 6.94. The second kappa shape index (κ2) is 3.90. The number of benzene rings is 1. The van der Waals surface area contributed by atoms with Gasteiger partial charge in [-0.05, 0) is 23.9 Å². The van der Waals surface area contributed by atoms with Gasteiger partial charge in [-0.3, -0.25) is 0 Å². The highest BCUT2D eigenvalue weighted by Crippen LogP contribution is 2.11. The largest absolute Gasteiger partial charge is 0.378 e. The summed E-state index contributed by atoms with van der Waals surface area (Å²) >= 11 is 0. The molecule has 2 heteroatoms. The van der Waals surface area contributed by atoms with Crippen LogP contribution in [0.3, 0.4) is 0 Å². The van der Waals surface area contributed by atoms with E-state index >= 15 is 0 Å². The molecule has 0 saturated carbocycles. The normalized spacial score (nSPS) is 9.50. The number of hydrogen-bond donors (Lipinski definition) is 1. The molecule has 0 spiro atoms. The maximum atomic E-state index is 6.94. The van der Waals surface area contributed by atoms with E-state index in [1.807, 2.05) is 14.1 Å². The molecule has 1 aromatic carbocycles. The van der Waals surface area contributed by atoms with Crippen LogP contribution in [0.5, 0.6) is 0 Å². The molecule has 1 N–H and O–H groups in total. The molecule has 12 heavy (non-hydrogen) atoms. The smallest absolute Gasteiger partial charge is 0.0361 e. The van der Waals surface area contributed by atoms with Gasteiger partial charge in [0.2, 0.25) is 0 Å². The molecule has 0 aliphatic heterocycles. The molecule has 0 bridgehead atoms. The predicted molar refractivity (Wildman–Crippen MR) is 53.3 cm³/mol. The van der Waals surface area contributed by atoms with Gasteiger partial charge in [0.05, 0.1) is 0 Å². The summed E-state index contributed by atoms with van der Waals surface area (Å²) in [5.41, 5.74) is 2.39. The van der Waals surface area contributed by atoms with Gasteiger partial charge in [0.1, 0.15) is 0 Å². The molecule has 1 rings (SSSR count). The molecule has 0 saturated heterocycles. The number of nitrogens with one attached hydrogen (secondary N) is 1. The SMILES string of the molecule is CN(C)c1ccc(CC=N)cc1. The number of hydrogen-bond acceptors (Lipinski definition) is 2. The lowest BCUT2D eigenvalue weighted by Crippen LogP contribution is -2.08. The van der Waals surface area contributed by atoms with E-state index in [2.05, 4.69) is 29.2 Å². The number of rotatable bonds is 3. The van der Waals surface area contributed by atoms with Gasteiger partial charge in [0.15, 0.2) is 0 Å². The van der Waals surface area contributed by atoms with Gasteiger partial charge >= 0.3 is 0 Å². The van der Waals surface area contributed by atoms with E-state index in [1.165, 1.54) is 17.5 Å². The molecule has 1 aromatic rings. The maximum Gasteiger partial charge on any atom is 0.0361 e. The third kappa shape index (κ3) is 2.09. The summed E-state index contributed by atoms with van der Waals surface area (Å²) in [5, 5.41) is 6.94. The quantitative estimate of drug-likeness (QED) is 0.676. The summed E-state index contributed by atoms with van der Waals surface area (Å²) in [7, 11) is 4.04. The van der Waals surface area contributed by atoms with Gasteiger partial charge in [0, 0.05) is 26.2 Å². The van der Waals surface area contributed by atoms with E-state index < -0.39 is 0 Å². The van der Waals surface area contributed by atoms with Crippen LogP contribution in [0.4, 0.5) is 5.69 Å². The van der Waals surface area contributed by atoms with Crippen molar-refractivity contribution in [1.29, 1.82) is 5.41 Å². The van der Waals surface area contributed by atoms with Gasteiger partial charge in [-0.25, -0.2) is 0 Å². The van der Waals surface area contributed by atoms with Crippen LogP contribution in [0.1, 0.15) is 5.56 Å². The highest BCUT2D eigenvalue weighted by molar-refractivity contribution is 5.59. The van der Waals surface area contributed by atoms with Crippen LogP contribution in [0, 0.1) is 5.41 Å². The van der Waals surface area contributed by atoms with Gasteiger partial charge in [-0.1, -0.05) is 12.1 Å². The van der Waals surface area contributed by atoms with Gasteiger partial charge in [-0.15, -0.1) is 0 Å². The molecule has 2 nitrogen and oxygen atoms in total. The monoisotopic (exact) mass is 162 g/mol. The third-order valence-electron chi connectivity index (χ3n) is 1.79. The van der Waals surface area contributed by atoms with Crippen LogP contribution in [-0.4, -0.2) is 20.3 Å². The standard InChI is InChI=1S/C10H14N2/c1-12(2)10-5-3-9(4-6-10)7-8-11/h3-6,8,11H,7H2,1-2H3. The first-order chi connectivity index (χ1) is 5.74. The first-order valence-electron chi connectivity index (χ1n) is 3.99. The fraction of sp³-hybridized carbons (Fsp3) is 0.300. The first kappa shape index (κ1) is 8.78. The summed E-state index contributed by atoms with van der Waals surface area (Å²) in [6.07, 6.45) is 2.15. The van der Waals surface area contributed by atoms with Crippen molar-refractivity contribution in [2.75, 3.05) is 19.0 Å². The average Bonchev–Trinajstić information content (AvgIpc) is 2.06. The van der Waals surface area contributed by atoms with Crippen molar-refractivity contribution in [3.8, 4) is 0 Å². The zero-order valence-corrected chi connectivity index (χ0v) is 7.54. The fourth-order valence-corrected chi connectivity index (χ4v) is 1.05. The summed E-state index contributed by atoms with van der Waals surface area (Å²) in [6.45, 7) is 0.